The quantitative estimate of drug-likeness (QED) is 0.863. The molecule has 118 valence electrons. The molecule has 0 aromatic heterocycles. The number of aliphatic carboxylic acids is 1. The Kier molecular flexibility index (Phi) is 5.14. The van der Waals surface area contributed by atoms with E-state index in [1.165, 1.54) is 6.07 Å². The molecule has 0 bridgehead atoms. The summed E-state index contributed by atoms with van der Waals surface area (Å²) in [5, 5.41) is 8.83. The van der Waals surface area contributed by atoms with Crippen molar-refractivity contribution >= 4 is 17.8 Å². The third-order valence-electron chi connectivity index (χ3n) is 3.97. The summed E-state index contributed by atoms with van der Waals surface area (Å²) < 4.78 is 0. The van der Waals surface area contributed by atoms with Gasteiger partial charge in [-0.05, 0) is 43.9 Å². The highest BCUT2D eigenvalue weighted by Gasteiger charge is 2.28. The first kappa shape index (κ1) is 16.0. The van der Waals surface area contributed by atoms with Crippen molar-refractivity contribution in [3.8, 4) is 0 Å². The number of primary amides is 1. The summed E-state index contributed by atoms with van der Waals surface area (Å²) in [6.45, 7) is 0.615. The highest BCUT2D eigenvalue weighted by Crippen LogP contribution is 2.23. The number of amides is 2. The topological polar surface area (TPSA) is 101 Å². The van der Waals surface area contributed by atoms with Crippen LogP contribution in [0.5, 0.6) is 0 Å². The summed E-state index contributed by atoms with van der Waals surface area (Å²) in [5.74, 6) is -1.59. The number of nitrogens with zero attached hydrogens (tertiary/aromatic N) is 1. The van der Waals surface area contributed by atoms with E-state index in [-0.39, 0.29) is 18.4 Å². The van der Waals surface area contributed by atoms with Crippen molar-refractivity contribution in [2.24, 2.45) is 5.73 Å². The van der Waals surface area contributed by atoms with E-state index >= 15 is 0 Å². The molecular weight excluding hydrogens is 284 g/mol. The average Bonchev–Trinajstić information content (AvgIpc) is 2.52. The van der Waals surface area contributed by atoms with E-state index in [4.69, 9.17) is 10.8 Å². The number of rotatable bonds is 5. The van der Waals surface area contributed by atoms with Gasteiger partial charge < -0.3 is 15.7 Å². The molecule has 1 aliphatic rings. The molecule has 1 saturated heterocycles. The Morgan fingerprint density at radius 1 is 1.23 bits per heavy atom. The summed E-state index contributed by atoms with van der Waals surface area (Å²) in [5.41, 5.74) is 5.95. The zero-order valence-corrected chi connectivity index (χ0v) is 12.3. The summed E-state index contributed by atoms with van der Waals surface area (Å²) >= 11 is 0. The Bertz CT molecular complexity index is 585. The number of carbonyl (C=O) groups is 3. The molecule has 1 heterocycles. The lowest BCUT2D eigenvalue weighted by Crippen LogP contribution is -2.44. The largest absolute Gasteiger partial charge is 0.481 e. The van der Waals surface area contributed by atoms with Crippen molar-refractivity contribution in [2.45, 2.75) is 38.1 Å². The fourth-order valence-electron chi connectivity index (χ4n) is 2.83. The van der Waals surface area contributed by atoms with Crippen LogP contribution in [0, 0.1) is 0 Å². The zero-order chi connectivity index (χ0) is 16.1. The first-order valence-corrected chi connectivity index (χ1v) is 7.41. The number of nitrogens with two attached hydrogens (primary N) is 1. The Labute approximate surface area is 128 Å². The molecule has 0 radical (unpaired) electrons. The number of carbonyl (C=O) groups excluding carboxylic acids is 2. The number of likely N-dealkylation sites (tertiary alicyclic amines) is 1. The minimum absolute atomic E-state index is 0.0514. The summed E-state index contributed by atoms with van der Waals surface area (Å²) in [6.07, 6.45) is 3.22. The molecule has 3 N–H and O–H groups in total. The van der Waals surface area contributed by atoms with Gasteiger partial charge in [0.25, 0.3) is 5.91 Å². The number of hydrogen-bond acceptors (Lipinski definition) is 3. The molecule has 0 spiro atoms. The standard InChI is InChI=1S/C16H20N2O4/c17-15(21)11-4-3-5-12(10-11)16(22)18-9-2-1-6-13(18)7-8-14(19)20/h3-5,10,13H,1-2,6-9H2,(H2,17,21)(H,19,20). The van der Waals surface area contributed by atoms with E-state index in [1.54, 1.807) is 23.1 Å². The van der Waals surface area contributed by atoms with E-state index in [0.717, 1.165) is 19.3 Å². The summed E-state index contributed by atoms with van der Waals surface area (Å²) in [7, 11) is 0. The highest BCUT2D eigenvalue weighted by atomic mass is 16.4. The third kappa shape index (κ3) is 3.84. The first-order valence-electron chi connectivity index (χ1n) is 7.41. The van der Waals surface area contributed by atoms with Crippen LogP contribution >= 0.6 is 0 Å². The Morgan fingerprint density at radius 2 is 1.95 bits per heavy atom. The number of carboxylic acid groups (broad SMARTS) is 1. The van der Waals surface area contributed by atoms with Crippen LogP contribution in [-0.2, 0) is 4.79 Å². The van der Waals surface area contributed by atoms with E-state index in [0.29, 0.717) is 24.1 Å². The lowest BCUT2D eigenvalue weighted by atomic mass is 9.96. The second kappa shape index (κ2) is 7.06. The van der Waals surface area contributed by atoms with Gasteiger partial charge in [0.05, 0.1) is 0 Å². The number of carboxylic acids is 1. The average molecular weight is 304 g/mol. The van der Waals surface area contributed by atoms with Gasteiger partial charge in [-0.1, -0.05) is 6.07 Å². The van der Waals surface area contributed by atoms with Gasteiger partial charge in [-0.25, -0.2) is 0 Å². The van der Waals surface area contributed by atoms with Crippen LogP contribution in [0.25, 0.3) is 0 Å². The van der Waals surface area contributed by atoms with Crippen molar-refractivity contribution in [1.82, 2.24) is 4.90 Å². The highest BCUT2D eigenvalue weighted by molar-refractivity contribution is 5.99. The van der Waals surface area contributed by atoms with Crippen LogP contribution in [0.2, 0.25) is 0 Å². The maximum Gasteiger partial charge on any atom is 0.303 e. The van der Waals surface area contributed by atoms with Gasteiger partial charge >= 0.3 is 5.97 Å². The molecule has 1 aliphatic heterocycles. The van der Waals surface area contributed by atoms with Gasteiger partial charge in [0.1, 0.15) is 0 Å². The van der Waals surface area contributed by atoms with Gasteiger partial charge in [0.2, 0.25) is 5.91 Å². The maximum absolute atomic E-state index is 12.7. The molecule has 2 rings (SSSR count). The lowest BCUT2D eigenvalue weighted by molar-refractivity contribution is -0.137. The van der Waals surface area contributed by atoms with Crippen LogP contribution < -0.4 is 5.73 Å². The summed E-state index contributed by atoms with van der Waals surface area (Å²) in [4.78, 5) is 36.4. The van der Waals surface area contributed by atoms with Gasteiger partial charge in [0, 0.05) is 30.1 Å². The van der Waals surface area contributed by atoms with E-state index in [1.807, 2.05) is 0 Å². The molecule has 22 heavy (non-hydrogen) atoms. The maximum atomic E-state index is 12.7. The fourth-order valence-corrected chi connectivity index (χ4v) is 2.83. The molecule has 0 aliphatic carbocycles. The van der Waals surface area contributed by atoms with E-state index < -0.39 is 11.9 Å². The Balaban J connectivity index is 2.16. The first-order chi connectivity index (χ1) is 10.5. The summed E-state index contributed by atoms with van der Waals surface area (Å²) in [6, 6.07) is 6.28. The zero-order valence-electron chi connectivity index (χ0n) is 12.3. The smallest absolute Gasteiger partial charge is 0.303 e. The molecule has 6 nitrogen and oxygen atoms in total. The molecular formula is C16H20N2O4. The molecule has 1 aromatic rings. The number of benzene rings is 1. The molecule has 1 atom stereocenters. The number of piperidine rings is 1. The minimum Gasteiger partial charge on any atom is -0.481 e. The Morgan fingerprint density at radius 3 is 2.64 bits per heavy atom. The fraction of sp³-hybridized carbons (Fsp3) is 0.438. The van der Waals surface area contributed by atoms with Crippen molar-refractivity contribution < 1.29 is 19.5 Å². The van der Waals surface area contributed by atoms with E-state index in [9.17, 15) is 14.4 Å². The normalized spacial score (nSPS) is 18.0. The molecule has 1 unspecified atom stereocenters. The van der Waals surface area contributed by atoms with Crippen molar-refractivity contribution in [3.63, 3.8) is 0 Å². The van der Waals surface area contributed by atoms with Gasteiger partial charge in [-0.2, -0.15) is 0 Å². The second-order valence-corrected chi connectivity index (χ2v) is 5.53. The predicted molar refractivity (Wildman–Crippen MR) is 80.5 cm³/mol. The Hall–Kier alpha value is -2.37. The SMILES string of the molecule is NC(=O)c1cccc(C(=O)N2CCCCC2CCC(=O)O)c1. The van der Waals surface area contributed by atoms with Crippen LogP contribution in [0.1, 0.15) is 52.8 Å². The van der Waals surface area contributed by atoms with Crippen LogP contribution in [-0.4, -0.2) is 40.4 Å². The number of hydrogen-bond donors (Lipinski definition) is 2. The lowest BCUT2D eigenvalue weighted by Gasteiger charge is -2.35. The second-order valence-electron chi connectivity index (χ2n) is 5.53. The van der Waals surface area contributed by atoms with Crippen molar-refractivity contribution in [2.75, 3.05) is 6.54 Å². The van der Waals surface area contributed by atoms with Crippen LogP contribution in [0.3, 0.4) is 0 Å². The van der Waals surface area contributed by atoms with Gasteiger partial charge in [0.15, 0.2) is 0 Å². The van der Waals surface area contributed by atoms with Crippen molar-refractivity contribution in [3.05, 3.63) is 35.4 Å². The molecule has 2 amide bonds. The molecule has 0 saturated carbocycles. The van der Waals surface area contributed by atoms with Crippen molar-refractivity contribution in [1.29, 1.82) is 0 Å². The molecule has 6 heteroatoms. The molecule has 1 fully saturated rings. The van der Waals surface area contributed by atoms with Crippen LogP contribution in [0.15, 0.2) is 24.3 Å². The minimum atomic E-state index is -0.853. The van der Waals surface area contributed by atoms with Gasteiger partial charge in [-0.15, -0.1) is 0 Å². The molecule has 1 aromatic carbocycles. The van der Waals surface area contributed by atoms with Gasteiger partial charge in [-0.3, -0.25) is 14.4 Å². The van der Waals surface area contributed by atoms with Crippen LogP contribution in [0.4, 0.5) is 0 Å². The third-order valence-corrected chi connectivity index (χ3v) is 3.97. The monoisotopic (exact) mass is 304 g/mol. The van der Waals surface area contributed by atoms with E-state index in [2.05, 4.69) is 0 Å². The predicted octanol–water partition coefficient (Wildman–Crippen LogP) is 1.65.